The average molecular weight is 671 g/mol. The van der Waals surface area contributed by atoms with Crippen LogP contribution in [-0.4, -0.2) is 42.9 Å². The van der Waals surface area contributed by atoms with E-state index in [-0.39, 0.29) is 17.4 Å². The Morgan fingerprint density at radius 2 is 1.79 bits per heavy atom. The van der Waals surface area contributed by atoms with Gasteiger partial charge in [-0.05, 0) is 60.8 Å². The Morgan fingerprint density at radius 1 is 1.15 bits per heavy atom. The highest BCUT2D eigenvalue weighted by atomic mass is 31.2. The van der Waals surface area contributed by atoms with Crippen molar-refractivity contribution in [1.82, 2.24) is 10.2 Å². The summed E-state index contributed by atoms with van der Waals surface area (Å²) in [7, 11) is -4.43. The molecule has 6 nitrogen and oxygen atoms in total. The van der Waals surface area contributed by atoms with E-state index in [4.69, 9.17) is 9.26 Å². The summed E-state index contributed by atoms with van der Waals surface area (Å²) in [5, 5.41) is 3.57. The lowest BCUT2D eigenvalue weighted by atomic mass is 9.85. The molecule has 3 unspecified atom stereocenters. The molecular formula is C38H53F2N2O4P. The Bertz CT molecular complexity index is 1470. The third-order valence-electron chi connectivity index (χ3n) is 8.51. The average Bonchev–Trinajstić information content (AvgIpc) is 3.72. The summed E-state index contributed by atoms with van der Waals surface area (Å²) in [5.74, 6) is 0.399. The van der Waals surface area contributed by atoms with Crippen LogP contribution in [0.15, 0.2) is 90.4 Å². The normalized spacial score (nSPS) is 19.5. The minimum Gasteiger partial charge on any atom is -0.472 e. The number of nitrogens with one attached hydrogen (secondary N) is 1. The van der Waals surface area contributed by atoms with Crippen LogP contribution in [0.1, 0.15) is 85.3 Å². The maximum atomic E-state index is 15.3. The number of allylic oxidation sites excluding steroid dienone is 6. The number of carbonyl (C=O) groups excluding carboxylic acids is 1. The van der Waals surface area contributed by atoms with Gasteiger partial charge in [0, 0.05) is 29.9 Å². The Labute approximate surface area is 280 Å². The van der Waals surface area contributed by atoms with Crippen LogP contribution in [0.25, 0.3) is 6.08 Å². The minimum absolute atomic E-state index is 0.0219. The van der Waals surface area contributed by atoms with E-state index in [2.05, 4.69) is 39.2 Å². The van der Waals surface area contributed by atoms with Crippen molar-refractivity contribution >= 4 is 19.4 Å². The van der Waals surface area contributed by atoms with Crippen LogP contribution < -0.4 is 5.32 Å². The van der Waals surface area contributed by atoms with Gasteiger partial charge in [0.05, 0.1) is 11.8 Å². The molecular weight excluding hydrogens is 617 g/mol. The maximum absolute atomic E-state index is 15.3. The highest BCUT2D eigenvalue weighted by molar-refractivity contribution is 7.59. The molecule has 1 aromatic carbocycles. The monoisotopic (exact) mass is 670 g/mol. The number of nitrogens with zero attached hydrogens (tertiary/aromatic N) is 1. The van der Waals surface area contributed by atoms with E-state index in [1.165, 1.54) is 17.7 Å². The number of hydrogen-bond acceptors (Lipinski definition) is 5. The van der Waals surface area contributed by atoms with Crippen molar-refractivity contribution in [2.75, 3.05) is 20.0 Å². The fraction of sp³-hybridized carbons (Fsp3) is 0.500. The van der Waals surface area contributed by atoms with Crippen LogP contribution in [0, 0.1) is 10.8 Å². The molecule has 1 aliphatic carbocycles. The molecule has 258 valence electrons. The van der Waals surface area contributed by atoms with E-state index in [0.717, 1.165) is 43.6 Å². The number of carbonyl (C=O) groups is 1. The number of hydrogen-bond donors (Lipinski definition) is 1. The van der Waals surface area contributed by atoms with Gasteiger partial charge in [0.1, 0.15) is 6.04 Å². The van der Waals surface area contributed by atoms with E-state index in [0.29, 0.717) is 17.9 Å². The molecule has 1 N–H and O–H groups in total. The molecule has 0 bridgehead atoms. The molecule has 0 spiro atoms. The highest BCUT2D eigenvalue weighted by Gasteiger charge is 2.49. The van der Waals surface area contributed by atoms with Gasteiger partial charge in [0.15, 0.2) is 6.79 Å². The molecule has 0 radical (unpaired) electrons. The summed E-state index contributed by atoms with van der Waals surface area (Å²) in [4.78, 5) is 16.1. The fourth-order valence-electron chi connectivity index (χ4n) is 5.17. The standard InChI is InChI=1S/C38H53F2N2O4P/c1-11-13-15-29(12-2)33-16-14-25-42(33)35(43)34(37(7,8)9)41-32(30-20-21-30)24-19-28-17-22-31(23-18-28)38(39,40)47(10,44)46-26-45-27(3)36(4,5)6/h11-13,15,17-19,22-24,33-34,41H,2-3,14,16,20-21,25-26H2,1,4-10H3/b13-11-,24-19+,29-15+. The van der Waals surface area contributed by atoms with Gasteiger partial charge >= 0.3 is 5.66 Å². The number of ether oxygens (including phenoxy) is 1. The Kier molecular flexibility index (Phi) is 12.5. The van der Waals surface area contributed by atoms with E-state index >= 15 is 8.78 Å². The topological polar surface area (TPSA) is 67.9 Å². The van der Waals surface area contributed by atoms with Crippen LogP contribution >= 0.6 is 7.37 Å². The van der Waals surface area contributed by atoms with Crippen molar-refractivity contribution in [3.8, 4) is 0 Å². The predicted molar refractivity (Wildman–Crippen MR) is 189 cm³/mol. The van der Waals surface area contributed by atoms with E-state index < -0.39 is 36.8 Å². The number of halogens is 2. The van der Waals surface area contributed by atoms with Crippen molar-refractivity contribution in [3.05, 3.63) is 102 Å². The van der Waals surface area contributed by atoms with Crippen molar-refractivity contribution in [2.24, 2.45) is 10.8 Å². The van der Waals surface area contributed by atoms with Gasteiger partial charge in [0.25, 0.3) is 7.37 Å². The smallest absolute Gasteiger partial charge is 0.346 e. The van der Waals surface area contributed by atoms with Crippen LogP contribution in [0.2, 0.25) is 0 Å². The lowest BCUT2D eigenvalue weighted by Gasteiger charge is -2.37. The quantitative estimate of drug-likeness (QED) is 0.0924. The predicted octanol–water partition coefficient (Wildman–Crippen LogP) is 9.94. The van der Waals surface area contributed by atoms with Crippen molar-refractivity contribution < 1.29 is 27.4 Å². The molecule has 47 heavy (non-hydrogen) atoms. The summed E-state index contributed by atoms with van der Waals surface area (Å²) in [6.07, 6.45) is 15.2. The molecule has 1 aliphatic heterocycles. The summed E-state index contributed by atoms with van der Waals surface area (Å²) in [5.41, 5.74) is -1.11. The van der Waals surface area contributed by atoms with Crippen LogP contribution in [0.5, 0.6) is 0 Å². The molecule has 1 saturated carbocycles. The molecule has 9 heteroatoms. The zero-order chi connectivity index (χ0) is 35.2. The first-order valence-corrected chi connectivity index (χ1v) is 18.4. The number of benzene rings is 1. The van der Waals surface area contributed by atoms with Gasteiger partial charge in [-0.25, -0.2) is 0 Å². The van der Waals surface area contributed by atoms with E-state index in [1.807, 2.05) is 69.1 Å². The Hall–Kier alpha value is -3.22. The first-order chi connectivity index (χ1) is 21.8. The Morgan fingerprint density at radius 3 is 2.32 bits per heavy atom. The second-order valence-electron chi connectivity index (χ2n) is 14.5. The Balaban J connectivity index is 1.76. The first-order valence-electron chi connectivity index (χ1n) is 16.3. The molecule has 0 aromatic heterocycles. The van der Waals surface area contributed by atoms with Crippen LogP contribution in [0.3, 0.4) is 0 Å². The molecule has 2 aliphatic rings. The molecule has 1 saturated heterocycles. The lowest BCUT2D eigenvalue weighted by Crippen LogP contribution is -2.54. The third-order valence-corrected chi connectivity index (χ3v) is 10.4. The number of likely N-dealkylation sites (tertiary alicyclic amines) is 1. The molecule has 2 fully saturated rings. The highest BCUT2D eigenvalue weighted by Crippen LogP contribution is 2.63. The largest absolute Gasteiger partial charge is 0.472 e. The van der Waals surface area contributed by atoms with Crippen LogP contribution in [-0.2, 0) is 24.3 Å². The number of amides is 1. The van der Waals surface area contributed by atoms with Gasteiger partial charge < -0.3 is 15.0 Å². The second-order valence-corrected chi connectivity index (χ2v) is 17.0. The SMILES string of the molecule is C=C/C(=C\C=C/C)C1CCCN1C(=O)C(NC(/C=C/c1ccc(C(F)(F)P(C)(=O)OCOC(=C)C(C)(C)C)cc1)=C1CC1)C(C)(C)C. The molecule has 3 atom stereocenters. The van der Waals surface area contributed by atoms with E-state index in [1.54, 1.807) is 12.1 Å². The zero-order valence-corrected chi connectivity index (χ0v) is 30.3. The van der Waals surface area contributed by atoms with Gasteiger partial charge in [-0.2, -0.15) is 8.78 Å². The van der Waals surface area contributed by atoms with Crippen molar-refractivity contribution in [1.29, 1.82) is 0 Å². The van der Waals surface area contributed by atoms with E-state index in [9.17, 15) is 9.36 Å². The number of rotatable bonds is 14. The zero-order valence-electron chi connectivity index (χ0n) is 29.4. The minimum atomic E-state index is -4.43. The van der Waals surface area contributed by atoms with Gasteiger partial charge in [-0.1, -0.05) is 109 Å². The number of alkyl halides is 2. The van der Waals surface area contributed by atoms with Gasteiger partial charge in [-0.3, -0.25) is 13.9 Å². The molecule has 3 rings (SSSR count). The first kappa shape index (κ1) is 38.2. The maximum Gasteiger partial charge on any atom is 0.346 e. The van der Waals surface area contributed by atoms with Gasteiger partial charge in [-0.15, -0.1) is 0 Å². The molecule has 1 heterocycles. The summed E-state index contributed by atoms with van der Waals surface area (Å²) in [6, 6.07) is 5.14. The summed E-state index contributed by atoms with van der Waals surface area (Å²) in [6.45, 7) is 22.5. The third kappa shape index (κ3) is 9.90. The summed E-state index contributed by atoms with van der Waals surface area (Å²) >= 11 is 0. The van der Waals surface area contributed by atoms with Crippen molar-refractivity contribution in [2.45, 2.75) is 91.9 Å². The van der Waals surface area contributed by atoms with Gasteiger partial charge in [0.2, 0.25) is 5.91 Å². The molecule has 1 amide bonds. The lowest BCUT2D eigenvalue weighted by molar-refractivity contribution is -0.136. The van der Waals surface area contributed by atoms with Crippen molar-refractivity contribution in [3.63, 3.8) is 0 Å². The second kappa shape index (κ2) is 15.3. The molecule has 1 aromatic rings. The van der Waals surface area contributed by atoms with Crippen LogP contribution in [0.4, 0.5) is 8.78 Å². The fourth-order valence-corrected chi connectivity index (χ4v) is 6.21. The summed E-state index contributed by atoms with van der Waals surface area (Å²) < 4.78 is 54.0.